The quantitative estimate of drug-likeness (QED) is 0.404. The van der Waals surface area contributed by atoms with Crippen molar-refractivity contribution in [2.75, 3.05) is 0 Å². The van der Waals surface area contributed by atoms with Crippen molar-refractivity contribution in [2.24, 2.45) is 7.05 Å². The van der Waals surface area contributed by atoms with Gasteiger partial charge in [0.25, 0.3) is 5.56 Å². The summed E-state index contributed by atoms with van der Waals surface area (Å²) in [6, 6.07) is 17.0. The van der Waals surface area contributed by atoms with Crippen molar-refractivity contribution in [3.05, 3.63) is 76.5 Å². The van der Waals surface area contributed by atoms with Crippen LogP contribution < -0.4 is 5.56 Å². The minimum atomic E-state index is -0.197. The van der Waals surface area contributed by atoms with Gasteiger partial charge in [0, 0.05) is 7.05 Å². The van der Waals surface area contributed by atoms with Crippen molar-refractivity contribution in [2.45, 2.75) is 17.8 Å². The number of hydrogen-bond acceptors (Lipinski definition) is 7. The highest BCUT2D eigenvalue weighted by atomic mass is 32.2. The lowest BCUT2D eigenvalue weighted by Crippen LogP contribution is -2.22. The normalized spacial score (nSPS) is 11.4. The zero-order valence-corrected chi connectivity index (χ0v) is 17.1. The maximum Gasteiger partial charge on any atom is 0.297 e. The summed E-state index contributed by atoms with van der Waals surface area (Å²) in [6.45, 7) is 1.87. The van der Waals surface area contributed by atoms with Crippen molar-refractivity contribution in [3.8, 4) is 11.4 Å². The first-order valence-corrected chi connectivity index (χ1v) is 10.2. The fourth-order valence-corrected chi connectivity index (χ4v) is 4.04. The van der Waals surface area contributed by atoms with Crippen LogP contribution in [0.3, 0.4) is 0 Å². The Morgan fingerprint density at radius 1 is 1.07 bits per heavy atom. The van der Waals surface area contributed by atoms with E-state index >= 15 is 0 Å². The second-order valence-electron chi connectivity index (χ2n) is 6.65. The molecule has 0 N–H and O–H groups in total. The van der Waals surface area contributed by atoms with E-state index in [0.29, 0.717) is 22.5 Å². The molecule has 0 aliphatic carbocycles. The smallest absolute Gasteiger partial charge is 0.297 e. The molecule has 9 nitrogen and oxygen atoms in total. The molecule has 0 saturated carbocycles. The van der Waals surface area contributed by atoms with Crippen LogP contribution in [-0.2, 0) is 12.8 Å². The van der Waals surface area contributed by atoms with Crippen LogP contribution in [-0.4, -0.2) is 34.6 Å². The van der Waals surface area contributed by atoms with Gasteiger partial charge >= 0.3 is 0 Å². The summed E-state index contributed by atoms with van der Waals surface area (Å²) >= 11 is 1.36. The van der Waals surface area contributed by atoms with Gasteiger partial charge in [-0.2, -0.15) is 4.68 Å². The number of fused-ring (bicyclic) bond motifs is 1. The molecule has 5 aromatic rings. The molecule has 10 heteroatoms. The number of aromatic nitrogens is 7. The fraction of sp³-hybridized carbons (Fsp3) is 0.150. The van der Waals surface area contributed by atoms with Crippen molar-refractivity contribution in [3.63, 3.8) is 0 Å². The van der Waals surface area contributed by atoms with Crippen LogP contribution in [0.2, 0.25) is 0 Å². The SMILES string of the molecule is Cc1c(-n2nnnc2SCc2nc3ccccc3o2)c(=O)n(-c2ccccc2)n1C. The number of rotatable bonds is 5. The zero-order valence-electron chi connectivity index (χ0n) is 16.3. The first-order chi connectivity index (χ1) is 14.6. The van der Waals surface area contributed by atoms with Crippen LogP contribution in [0, 0.1) is 6.92 Å². The highest BCUT2D eigenvalue weighted by Crippen LogP contribution is 2.25. The van der Waals surface area contributed by atoms with E-state index in [4.69, 9.17) is 4.42 Å². The molecule has 0 saturated heterocycles. The fourth-order valence-electron chi connectivity index (χ4n) is 3.32. The molecule has 150 valence electrons. The number of thioether (sulfide) groups is 1. The summed E-state index contributed by atoms with van der Waals surface area (Å²) in [5.74, 6) is 1.01. The highest BCUT2D eigenvalue weighted by Gasteiger charge is 2.22. The average Bonchev–Trinajstić information content (AvgIpc) is 3.44. The molecule has 30 heavy (non-hydrogen) atoms. The molecular formula is C20H17N7O2S. The summed E-state index contributed by atoms with van der Waals surface area (Å²) in [7, 11) is 1.84. The Morgan fingerprint density at radius 2 is 1.83 bits per heavy atom. The third-order valence-electron chi connectivity index (χ3n) is 4.84. The van der Waals surface area contributed by atoms with E-state index in [-0.39, 0.29) is 5.56 Å². The average molecular weight is 419 g/mol. The largest absolute Gasteiger partial charge is 0.440 e. The lowest BCUT2D eigenvalue weighted by atomic mass is 10.3. The Balaban J connectivity index is 1.49. The van der Waals surface area contributed by atoms with E-state index in [0.717, 1.165) is 22.5 Å². The van der Waals surface area contributed by atoms with Crippen molar-refractivity contribution < 1.29 is 4.42 Å². The Labute approximate surface area is 174 Å². The topological polar surface area (TPSA) is 96.6 Å². The minimum Gasteiger partial charge on any atom is -0.440 e. The number of para-hydroxylation sites is 3. The van der Waals surface area contributed by atoms with Crippen LogP contribution >= 0.6 is 11.8 Å². The van der Waals surface area contributed by atoms with Gasteiger partial charge in [0.1, 0.15) is 5.52 Å². The predicted molar refractivity (Wildman–Crippen MR) is 112 cm³/mol. The molecule has 0 radical (unpaired) electrons. The van der Waals surface area contributed by atoms with Gasteiger partial charge in [-0.1, -0.05) is 42.1 Å². The Kier molecular flexibility index (Phi) is 4.47. The maximum atomic E-state index is 13.2. The monoisotopic (exact) mass is 419 g/mol. The number of oxazole rings is 1. The van der Waals surface area contributed by atoms with E-state index in [1.54, 1.807) is 9.36 Å². The number of hydrogen-bond donors (Lipinski definition) is 0. The van der Waals surface area contributed by atoms with Gasteiger partial charge in [0.05, 0.1) is 17.1 Å². The van der Waals surface area contributed by atoms with Gasteiger partial charge in [0.2, 0.25) is 11.0 Å². The third-order valence-corrected chi connectivity index (χ3v) is 5.74. The van der Waals surface area contributed by atoms with Crippen molar-refractivity contribution in [1.82, 2.24) is 34.6 Å². The van der Waals surface area contributed by atoms with Crippen molar-refractivity contribution in [1.29, 1.82) is 0 Å². The summed E-state index contributed by atoms with van der Waals surface area (Å²) in [5, 5.41) is 12.4. The molecule has 2 aromatic carbocycles. The van der Waals surface area contributed by atoms with E-state index in [9.17, 15) is 4.79 Å². The molecule has 0 aliphatic heterocycles. The van der Waals surface area contributed by atoms with Crippen LogP contribution in [0.1, 0.15) is 11.6 Å². The first kappa shape index (κ1) is 18.4. The van der Waals surface area contributed by atoms with Gasteiger partial charge in [-0.15, -0.1) is 5.10 Å². The molecule has 0 unspecified atom stereocenters. The maximum absolute atomic E-state index is 13.2. The Morgan fingerprint density at radius 3 is 2.63 bits per heavy atom. The van der Waals surface area contributed by atoms with Crippen LogP contribution in [0.25, 0.3) is 22.5 Å². The van der Waals surface area contributed by atoms with Gasteiger partial charge in [0.15, 0.2) is 11.3 Å². The second-order valence-corrected chi connectivity index (χ2v) is 7.59. The highest BCUT2D eigenvalue weighted by molar-refractivity contribution is 7.98. The molecule has 0 atom stereocenters. The summed E-state index contributed by atoms with van der Waals surface area (Å²) < 4.78 is 10.6. The van der Waals surface area contributed by atoms with Gasteiger partial charge in [-0.25, -0.2) is 9.67 Å². The standard InChI is InChI=1S/C20H17N7O2S/c1-13-18(19(28)27(25(13)2)14-8-4-3-5-9-14)26-20(22-23-24-26)30-12-17-21-15-10-6-7-11-16(15)29-17/h3-11H,12H2,1-2H3. The number of nitrogens with zero attached hydrogens (tertiary/aromatic N) is 7. The van der Waals surface area contributed by atoms with Gasteiger partial charge in [-0.05, 0) is 41.6 Å². The van der Waals surface area contributed by atoms with Crippen LogP contribution in [0.15, 0.2) is 69.0 Å². The van der Waals surface area contributed by atoms with E-state index in [2.05, 4.69) is 20.5 Å². The van der Waals surface area contributed by atoms with Crippen molar-refractivity contribution >= 4 is 22.9 Å². The molecule has 0 aliphatic rings. The van der Waals surface area contributed by atoms with Crippen LogP contribution in [0.5, 0.6) is 0 Å². The first-order valence-electron chi connectivity index (χ1n) is 9.23. The number of tetrazole rings is 1. The predicted octanol–water partition coefficient (Wildman–Crippen LogP) is 2.89. The molecule has 0 amide bonds. The van der Waals surface area contributed by atoms with E-state index in [1.165, 1.54) is 16.4 Å². The van der Waals surface area contributed by atoms with E-state index in [1.807, 2.05) is 68.6 Å². The molecule has 0 bridgehead atoms. The van der Waals surface area contributed by atoms with Gasteiger partial charge < -0.3 is 4.42 Å². The summed E-state index contributed by atoms with van der Waals surface area (Å²) in [5.41, 5.74) is 3.27. The Bertz CT molecular complexity index is 1360. The Hall–Kier alpha value is -3.66. The molecule has 3 heterocycles. The third kappa shape index (κ3) is 3.01. The summed E-state index contributed by atoms with van der Waals surface area (Å²) in [6.07, 6.45) is 0. The van der Waals surface area contributed by atoms with Gasteiger partial charge in [-0.3, -0.25) is 9.48 Å². The molecule has 0 fully saturated rings. The summed E-state index contributed by atoms with van der Waals surface area (Å²) in [4.78, 5) is 17.7. The van der Waals surface area contributed by atoms with E-state index < -0.39 is 0 Å². The minimum absolute atomic E-state index is 0.197. The molecule has 5 rings (SSSR count). The lowest BCUT2D eigenvalue weighted by Gasteiger charge is -2.07. The second kappa shape index (κ2) is 7.30. The molecule has 3 aromatic heterocycles. The zero-order chi connectivity index (χ0) is 20.7. The van der Waals surface area contributed by atoms with Crippen LogP contribution in [0.4, 0.5) is 0 Å². The number of benzene rings is 2. The molecule has 0 spiro atoms. The lowest BCUT2D eigenvalue weighted by molar-refractivity contribution is 0.555. The molecular weight excluding hydrogens is 402 g/mol.